The van der Waals surface area contributed by atoms with Crippen LogP contribution in [0.5, 0.6) is 17.2 Å². The summed E-state index contributed by atoms with van der Waals surface area (Å²) in [5.74, 6) is -0.999. The maximum atomic E-state index is 12.8. The van der Waals surface area contributed by atoms with Crippen molar-refractivity contribution in [2.75, 3.05) is 7.11 Å². The van der Waals surface area contributed by atoms with Gasteiger partial charge in [0.05, 0.1) is 17.1 Å². The second kappa shape index (κ2) is 11.1. The summed E-state index contributed by atoms with van der Waals surface area (Å²) in [6.45, 7) is 3.16. The number of benzene rings is 3. The predicted octanol–water partition coefficient (Wildman–Crippen LogP) is 6.02. The molecule has 3 aromatic carbocycles. The first-order chi connectivity index (χ1) is 17.6. The Balaban J connectivity index is 1.69. The Morgan fingerprint density at radius 2 is 1.78 bits per heavy atom. The Morgan fingerprint density at radius 3 is 2.49 bits per heavy atom. The first-order valence-corrected chi connectivity index (χ1v) is 12.4. The number of ether oxygens (including phenoxy) is 4. The van der Waals surface area contributed by atoms with Gasteiger partial charge in [0.2, 0.25) is 5.90 Å². The third-order valence-electron chi connectivity index (χ3n) is 5.06. The van der Waals surface area contributed by atoms with Gasteiger partial charge in [0.25, 0.3) is 0 Å². The minimum Gasteiger partial charge on any atom is -0.493 e. The number of nitrogens with zero attached hydrogens (tertiary/aromatic N) is 1. The molecule has 0 amide bonds. The average Bonchev–Trinajstić information content (AvgIpc) is 3.21. The molecule has 8 nitrogen and oxygen atoms in total. The van der Waals surface area contributed by atoms with Gasteiger partial charge in [-0.15, -0.1) is 0 Å². The van der Waals surface area contributed by atoms with E-state index in [9.17, 15) is 14.4 Å². The quantitative estimate of drug-likeness (QED) is 0.187. The molecule has 0 N–H and O–H groups in total. The Hall–Kier alpha value is -3.76. The van der Waals surface area contributed by atoms with E-state index in [-0.39, 0.29) is 28.8 Å². The number of cyclic esters (lactones) is 1. The fourth-order valence-corrected chi connectivity index (χ4v) is 4.78. The van der Waals surface area contributed by atoms with Crippen LogP contribution in [0.1, 0.15) is 34.0 Å². The highest BCUT2D eigenvalue weighted by atomic mass is 79.9. The van der Waals surface area contributed by atoms with Gasteiger partial charge in [-0.1, -0.05) is 33.6 Å². The number of rotatable bonds is 6. The number of aryl methyl sites for hydroxylation is 1. The molecule has 0 unspecified atom stereocenters. The van der Waals surface area contributed by atoms with Crippen LogP contribution in [0, 0.1) is 6.92 Å². The highest BCUT2D eigenvalue weighted by Gasteiger charge is 2.26. The van der Waals surface area contributed by atoms with Crippen LogP contribution in [0.2, 0.25) is 0 Å². The average molecular weight is 629 g/mol. The summed E-state index contributed by atoms with van der Waals surface area (Å²) in [5, 5.41) is 0. The lowest BCUT2D eigenvalue weighted by molar-refractivity contribution is -0.132. The number of hydrogen-bond acceptors (Lipinski definition) is 8. The van der Waals surface area contributed by atoms with Gasteiger partial charge in [-0.3, -0.25) is 4.79 Å². The molecular weight excluding hydrogens is 610 g/mol. The second-order valence-electron chi connectivity index (χ2n) is 7.86. The number of carbonyl (C=O) groups is 3. The molecule has 37 heavy (non-hydrogen) atoms. The zero-order chi connectivity index (χ0) is 26.7. The monoisotopic (exact) mass is 627 g/mol. The molecule has 0 fully saturated rings. The number of halogens is 2. The molecular formula is C27H19Br2NO7. The number of carbonyl (C=O) groups excluding carboxylic acids is 3. The van der Waals surface area contributed by atoms with Crippen LogP contribution in [0.3, 0.4) is 0 Å². The van der Waals surface area contributed by atoms with Crippen LogP contribution in [0.15, 0.2) is 74.2 Å². The van der Waals surface area contributed by atoms with Gasteiger partial charge in [-0.2, -0.15) is 0 Å². The van der Waals surface area contributed by atoms with Crippen LogP contribution in [-0.4, -0.2) is 30.9 Å². The van der Waals surface area contributed by atoms with E-state index in [4.69, 9.17) is 18.9 Å². The van der Waals surface area contributed by atoms with Crippen molar-refractivity contribution in [3.63, 3.8) is 0 Å². The number of hydrogen-bond donors (Lipinski definition) is 0. The highest BCUT2D eigenvalue weighted by molar-refractivity contribution is 9.11. The first-order valence-electron chi connectivity index (χ1n) is 10.8. The molecule has 1 heterocycles. The van der Waals surface area contributed by atoms with Crippen LogP contribution in [-0.2, 0) is 14.3 Å². The third kappa shape index (κ3) is 6.15. The van der Waals surface area contributed by atoms with Crippen LogP contribution in [0.25, 0.3) is 6.08 Å². The normalized spacial score (nSPS) is 13.7. The van der Waals surface area contributed by atoms with Crippen LogP contribution < -0.4 is 14.2 Å². The molecule has 0 aromatic heterocycles. The fraction of sp³-hybridized carbons (Fsp3) is 0.111. The number of aliphatic imine (C=N–C) groups is 1. The molecule has 0 atom stereocenters. The Morgan fingerprint density at radius 1 is 1.00 bits per heavy atom. The Labute approximate surface area is 229 Å². The van der Waals surface area contributed by atoms with Crippen molar-refractivity contribution < 1.29 is 33.3 Å². The molecule has 3 aromatic rings. The molecule has 0 saturated carbocycles. The van der Waals surface area contributed by atoms with E-state index in [1.165, 1.54) is 32.2 Å². The van der Waals surface area contributed by atoms with Crippen LogP contribution in [0.4, 0.5) is 0 Å². The third-order valence-corrected chi connectivity index (χ3v) is 6.11. The molecule has 0 bridgehead atoms. The topological polar surface area (TPSA) is 100 Å². The van der Waals surface area contributed by atoms with Crippen molar-refractivity contribution in [2.24, 2.45) is 4.99 Å². The van der Waals surface area contributed by atoms with Gasteiger partial charge in [-0.25, -0.2) is 14.6 Å². The van der Waals surface area contributed by atoms with Gasteiger partial charge >= 0.3 is 17.9 Å². The molecule has 1 aliphatic rings. The fourth-order valence-electron chi connectivity index (χ4n) is 3.44. The maximum Gasteiger partial charge on any atom is 0.363 e. The smallest absolute Gasteiger partial charge is 0.363 e. The van der Waals surface area contributed by atoms with Gasteiger partial charge in [0.15, 0.2) is 22.9 Å². The second-order valence-corrected chi connectivity index (χ2v) is 9.63. The molecule has 0 saturated heterocycles. The van der Waals surface area contributed by atoms with E-state index in [0.29, 0.717) is 25.6 Å². The first kappa shape index (κ1) is 26.3. The molecule has 4 rings (SSSR count). The van der Waals surface area contributed by atoms with E-state index >= 15 is 0 Å². The van der Waals surface area contributed by atoms with Crippen LogP contribution >= 0.6 is 31.9 Å². The summed E-state index contributed by atoms with van der Waals surface area (Å²) in [5.41, 5.74) is 2.16. The van der Waals surface area contributed by atoms with Crippen molar-refractivity contribution in [1.82, 2.24) is 0 Å². The number of esters is 3. The van der Waals surface area contributed by atoms with Crippen molar-refractivity contribution in [3.05, 3.63) is 91.5 Å². The van der Waals surface area contributed by atoms with E-state index in [1.807, 2.05) is 13.0 Å². The van der Waals surface area contributed by atoms with Gasteiger partial charge < -0.3 is 18.9 Å². The van der Waals surface area contributed by atoms with E-state index < -0.39 is 17.9 Å². The molecule has 0 aliphatic carbocycles. The van der Waals surface area contributed by atoms with Crippen molar-refractivity contribution in [1.29, 1.82) is 0 Å². The van der Waals surface area contributed by atoms with Gasteiger partial charge in [0.1, 0.15) is 0 Å². The van der Waals surface area contributed by atoms with E-state index in [2.05, 4.69) is 36.9 Å². The predicted molar refractivity (Wildman–Crippen MR) is 143 cm³/mol. The summed E-state index contributed by atoms with van der Waals surface area (Å²) < 4.78 is 22.6. The largest absolute Gasteiger partial charge is 0.493 e. The van der Waals surface area contributed by atoms with Crippen molar-refractivity contribution in [2.45, 2.75) is 13.8 Å². The lowest BCUT2D eigenvalue weighted by Crippen LogP contribution is -2.10. The summed E-state index contributed by atoms with van der Waals surface area (Å²) in [4.78, 5) is 41.1. The zero-order valence-electron chi connectivity index (χ0n) is 19.8. The lowest BCUT2D eigenvalue weighted by atomic mass is 10.1. The summed E-state index contributed by atoms with van der Waals surface area (Å²) in [6, 6.07) is 15.1. The SMILES string of the molecule is COc1cc(C2=N/C(=C\c3cc(Br)cc(Br)c3OC(=O)c3cccc(C)c3)C(=O)O2)ccc1OC(C)=O. The minimum absolute atomic E-state index is 0.00381. The molecule has 10 heteroatoms. The zero-order valence-corrected chi connectivity index (χ0v) is 23.0. The minimum atomic E-state index is -0.690. The Kier molecular flexibility index (Phi) is 7.89. The number of methoxy groups -OCH3 is 1. The summed E-state index contributed by atoms with van der Waals surface area (Å²) in [6.07, 6.45) is 1.47. The standard InChI is InChI=1S/C27H19Br2NO7/c1-14-5-4-6-17(9-14)26(32)36-24-18(10-19(28)13-20(24)29)11-21-27(33)37-25(30-21)16-7-8-22(35-15(2)31)23(12-16)34-3/h4-13H,1-3H3/b21-11-. The van der Waals surface area contributed by atoms with E-state index in [0.717, 1.165) is 5.56 Å². The van der Waals surface area contributed by atoms with Gasteiger partial charge in [0, 0.05) is 22.5 Å². The van der Waals surface area contributed by atoms with Crippen molar-refractivity contribution in [3.8, 4) is 17.2 Å². The summed E-state index contributed by atoms with van der Waals surface area (Å²) >= 11 is 6.85. The van der Waals surface area contributed by atoms with Gasteiger partial charge in [-0.05, 0) is 71.4 Å². The van der Waals surface area contributed by atoms with Crippen molar-refractivity contribution >= 4 is 61.7 Å². The lowest BCUT2D eigenvalue weighted by Gasteiger charge is -2.11. The summed E-state index contributed by atoms with van der Waals surface area (Å²) in [7, 11) is 1.42. The maximum absolute atomic E-state index is 12.8. The molecule has 1 aliphatic heterocycles. The molecule has 0 radical (unpaired) electrons. The molecule has 188 valence electrons. The van der Waals surface area contributed by atoms with E-state index in [1.54, 1.807) is 36.4 Å². The molecule has 0 spiro atoms. The highest BCUT2D eigenvalue weighted by Crippen LogP contribution is 2.36. The Bertz CT molecular complexity index is 1490.